The Labute approximate surface area is 178 Å². The van der Waals surface area contributed by atoms with E-state index in [1.807, 2.05) is 7.05 Å². The number of nitrogens with zero attached hydrogens (tertiary/aromatic N) is 3. The van der Waals surface area contributed by atoms with E-state index in [1.165, 1.54) is 4.57 Å². The van der Waals surface area contributed by atoms with Crippen LogP contribution in [0.4, 0.5) is 0 Å². The summed E-state index contributed by atoms with van der Waals surface area (Å²) in [5, 5.41) is 0. The summed E-state index contributed by atoms with van der Waals surface area (Å²) in [6.07, 6.45) is 0. The van der Waals surface area contributed by atoms with Crippen LogP contribution in [0.2, 0.25) is 0 Å². The number of carbonyl (C=O) groups is 2. The van der Waals surface area contributed by atoms with Crippen LogP contribution in [0.15, 0.2) is 47.3 Å². The van der Waals surface area contributed by atoms with Crippen molar-refractivity contribution >= 4 is 33.2 Å². The van der Waals surface area contributed by atoms with Gasteiger partial charge in [-0.3, -0.25) is 19.0 Å². The number of ether oxygens (including phenoxy) is 1. The second-order valence-corrected chi connectivity index (χ2v) is 8.37. The summed E-state index contributed by atoms with van der Waals surface area (Å²) in [7, 11) is 3.61. The van der Waals surface area contributed by atoms with E-state index < -0.39 is 0 Å². The van der Waals surface area contributed by atoms with Gasteiger partial charge in [-0.15, -0.1) is 0 Å². The lowest BCUT2D eigenvalue weighted by molar-refractivity contribution is -0.133. The largest absolute Gasteiger partial charge is 0.497 e. The van der Waals surface area contributed by atoms with Gasteiger partial charge in [-0.2, -0.15) is 0 Å². The summed E-state index contributed by atoms with van der Waals surface area (Å²) in [4.78, 5) is 41.8. The van der Waals surface area contributed by atoms with E-state index in [2.05, 4.69) is 4.90 Å². The lowest BCUT2D eigenvalue weighted by Gasteiger charge is -2.32. The molecule has 1 aliphatic heterocycles. The number of benzene rings is 2. The van der Waals surface area contributed by atoms with Crippen LogP contribution < -0.4 is 9.61 Å². The van der Waals surface area contributed by atoms with E-state index in [1.54, 1.807) is 54.5 Å². The van der Waals surface area contributed by atoms with Crippen molar-refractivity contribution in [3.05, 3.63) is 63.3 Å². The van der Waals surface area contributed by atoms with E-state index in [0.29, 0.717) is 40.2 Å². The Kier molecular flexibility index (Phi) is 5.69. The molecule has 2 aromatic carbocycles. The zero-order chi connectivity index (χ0) is 21.3. The van der Waals surface area contributed by atoms with Crippen molar-refractivity contribution in [2.24, 2.45) is 0 Å². The van der Waals surface area contributed by atoms with Crippen molar-refractivity contribution in [1.29, 1.82) is 0 Å². The highest BCUT2D eigenvalue weighted by atomic mass is 32.1. The van der Waals surface area contributed by atoms with Gasteiger partial charge in [-0.05, 0) is 49.5 Å². The first-order chi connectivity index (χ1) is 14.5. The van der Waals surface area contributed by atoms with Crippen molar-refractivity contribution in [3.63, 3.8) is 0 Å². The van der Waals surface area contributed by atoms with E-state index in [4.69, 9.17) is 4.74 Å². The van der Waals surface area contributed by atoms with Crippen molar-refractivity contribution in [2.45, 2.75) is 6.54 Å². The zero-order valence-electron chi connectivity index (χ0n) is 17.0. The molecule has 8 heteroatoms. The standard InChI is InChI=1S/C22H23N3O4S/c1-23-9-11-24(12-10-23)20(26)14-25-18-8-5-16(13-19(18)30-22(25)28)21(27)15-3-6-17(29-2)7-4-15/h3-8,13H,9-12,14H2,1-2H3. The lowest BCUT2D eigenvalue weighted by atomic mass is 10.0. The number of rotatable bonds is 5. The molecule has 156 valence electrons. The molecule has 1 saturated heterocycles. The number of fused-ring (bicyclic) bond motifs is 1. The van der Waals surface area contributed by atoms with E-state index in [-0.39, 0.29) is 23.1 Å². The Hall–Kier alpha value is -2.97. The van der Waals surface area contributed by atoms with Crippen LogP contribution >= 0.6 is 11.3 Å². The van der Waals surface area contributed by atoms with Crippen molar-refractivity contribution < 1.29 is 14.3 Å². The normalized spacial score (nSPS) is 14.8. The van der Waals surface area contributed by atoms with Gasteiger partial charge in [0, 0.05) is 37.3 Å². The number of methoxy groups -OCH3 is 1. The summed E-state index contributed by atoms with van der Waals surface area (Å²) in [5.41, 5.74) is 1.73. The second-order valence-electron chi connectivity index (χ2n) is 7.38. The number of amides is 1. The molecule has 4 rings (SSSR count). The predicted molar refractivity (Wildman–Crippen MR) is 117 cm³/mol. The molecule has 7 nitrogen and oxygen atoms in total. The molecule has 0 saturated carbocycles. The minimum absolute atomic E-state index is 0.0221. The zero-order valence-corrected chi connectivity index (χ0v) is 17.8. The smallest absolute Gasteiger partial charge is 0.308 e. The third kappa shape index (κ3) is 4.01. The first-order valence-corrected chi connectivity index (χ1v) is 10.6. The fraction of sp³-hybridized carbons (Fsp3) is 0.318. The number of hydrogen-bond acceptors (Lipinski definition) is 6. The summed E-state index contributed by atoms with van der Waals surface area (Å²) < 4.78 is 7.33. The number of thiazole rings is 1. The number of carbonyl (C=O) groups excluding carboxylic acids is 2. The molecule has 0 aliphatic carbocycles. The molecular weight excluding hydrogens is 402 g/mol. The SMILES string of the molecule is COc1ccc(C(=O)c2ccc3c(c2)sc(=O)n3CC(=O)N2CCN(C)CC2)cc1. The average Bonchev–Trinajstić information content (AvgIpc) is 3.08. The highest BCUT2D eigenvalue weighted by Crippen LogP contribution is 2.22. The number of hydrogen-bond donors (Lipinski definition) is 0. The lowest BCUT2D eigenvalue weighted by Crippen LogP contribution is -2.48. The van der Waals surface area contributed by atoms with Crippen LogP contribution in [0.1, 0.15) is 15.9 Å². The molecule has 0 unspecified atom stereocenters. The third-order valence-corrected chi connectivity index (χ3v) is 6.37. The number of ketones is 1. The fourth-order valence-corrected chi connectivity index (χ4v) is 4.49. The van der Waals surface area contributed by atoms with Gasteiger partial charge in [0.2, 0.25) is 5.91 Å². The average molecular weight is 426 g/mol. The second kappa shape index (κ2) is 8.41. The quantitative estimate of drug-likeness (QED) is 0.586. The maximum atomic E-state index is 12.8. The molecule has 0 bridgehead atoms. The molecule has 1 fully saturated rings. The van der Waals surface area contributed by atoms with Gasteiger partial charge in [0.1, 0.15) is 12.3 Å². The van der Waals surface area contributed by atoms with Gasteiger partial charge < -0.3 is 14.5 Å². The monoisotopic (exact) mass is 425 g/mol. The summed E-state index contributed by atoms with van der Waals surface area (Å²) in [6, 6.07) is 12.1. The van der Waals surface area contributed by atoms with Gasteiger partial charge in [0.25, 0.3) is 0 Å². The maximum Gasteiger partial charge on any atom is 0.308 e. The van der Waals surface area contributed by atoms with Gasteiger partial charge >= 0.3 is 4.87 Å². The van der Waals surface area contributed by atoms with Crippen molar-refractivity contribution in [3.8, 4) is 5.75 Å². The fourth-order valence-electron chi connectivity index (χ4n) is 3.56. The molecule has 0 spiro atoms. The first-order valence-electron chi connectivity index (χ1n) is 9.75. The van der Waals surface area contributed by atoms with Crippen molar-refractivity contribution in [2.75, 3.05) is 40.3 Å². The molecule has 0 radical (unpaired) electrons. The Bertz CT molecular complexity index is 1140. The minimum Gasteiger partial charge on any atom is -0.497 e. The Morgan fingerprint density at radius 2 is 1.67 bits per heavy atom. The molecule has 1 aliphatic rings. The van der Waals surface area contributed by atoms with E-state index in [0.717, 1.165) is 24.4 Å². The molecule has 1 aromatic heterocycles. The van der Waals surface area contributed by atoms with Crippen LogP contribution in [0.25, 0.3) is 10.2 Å². The molecule has 0 atom stereocenters. The van der Waals surface area contributed by atoms with Crippen molar-refractivity contribution in [1.82, 2.24) is 14.4 Å². The van der Waals surface area contributed by atoms with Gasteiger partial charge in [0.05, 0.1) is 17.3 Å². The Morgan fingerprint density at radius 1 is 1.00 bits per heavy atom. The summed E-state index contributed by atoms with van der Waals surface area (Å²) in [5.74, 6) is 0.506. The minimum atomic E-state index is -0.193. The molecule has 0 N–H and O–H groups in total. The Balaban J connectivity index is 1.57. The summed E-state index contributed by atoms with van der Waals surface area (Å²) in [6.45, 7) is 3.04. The Morgan fingerprint density at radius 3 is 2.33 bits per heavy atom. The predicted octanol–water partition coefficient (Wildman–Crippen LogP) is 2.08. The molecule has 2 heterocycles. The highest BCUT2D eigenvalue weighted by molar-refractivity contribution is 7.16. The summed E-state index contributed by atoms with van der Waals surface area (Å²) >= 11 is 1.06. The molecular formula is C22H23N3O4S. The molecule has 1 amide bonds. The van der Waals surface area contributed by atoms with Crippen LogP contribution in [0.3, 0.4) is 0 Å². The topological polar surface area (TPSA) is 71.8 Å². The molecule has 30 heavy (non-hydrogen) atoms. The van der Waals surface area contributed by atoms with Crippen LogP contribution in [-0.2, 0) is 11.3 Å². The van der Waals surface area contributed by atoms with Gasteiger partial charge in [0.15, 0.2) is 5.78 Å². The third-order valence-electron chi connectivity index (χ3n) is 5.43. The first kappa shape index (κ1) is 20.3. The number of likely N-dealkylation sites (N-methyl/N-ethyl adjacent to an activating group) is 1. The van der Waals surface area contributed by atoms with Gasteiger partial charge in [-0.1, -0.05) is 11.3 Å². The van der Waals surface area contributed by atoms with Gasteiger partial charge in [-0.25, -0.2) is 0 Å². The van der Waals surface area contributed by atoms with Crippen LogP contribution in [-0.4, -0.2) is 66.4 Å². The van der Waals surface area contributed by atoms with E-state index in [9.17, 15) is 14.4 Å². The van der Waals surface area contributed by atoms with Crippen LogP contribution in [0.5, 0.6) is 5.75 Å². The number of aromatic nitrogens is 1. The van der Waals surface area contributed by atoms with Crippen LogP contribution in [0, 0.1) is 0 Å². The highest BCUT2D eigenvalue weighted by Gasteiger charge is 2.21. The molecule has 3 aromatic rings. The maximum absolute atomic E-state index is 12.8. The van der Waals surface area contributed by atoms with E-state index >= 15 is 0 Å². The number of piperazine rings is 1.